The highest BCUT2D eigenvalue weighted by Gasteiger charge is 2.59. The van der Waals surface area contributed by atoms with Crippen molar-refractivity contribution in [1.82, 2.24) is 10.2 Å². The van der Waals surface area contributed by atoms with Gasteiger partial charge in [-0.05, 0) is 13.0 Å². The fraction of sp³-hybridized carbons (Fsp3) is 0.500. The van der Waals surface area contributed by atoms with E-state index in [0.717, 1.165) is 11.3 Å². The number of ether oxygens (including phenoxy) is 1. The first-order valence-corrected chi connectivity index (χ1v) is 7.51. The van der Waals surface area contributed by atoms with Gasteiger partial charge >= 0.3 is 5.97 Å². The lowest BCUT2D eigenvalue weighted by atomic mass is 9.81. The molecule has 0 aromatic heterocycles. The number of likely N-dealkylation sites (tertiary alicyclic amines) is 1. The Morgan fingerprint density at radius 3 is 2.95 bits per heavy atom. The molecule has 0 aliphatic carbocycles. The normalized spacial score (nSPS) is 27.5. The van der Waals surface area contributed by atoms with E-state index in [1.165, 1.54) is 0 Å². The molecule has 2 aliphatic rings. The van der Waals surface area contributed by atoms with E-state index in [-0.39, 0.29) is 12.5 Å². The van der Waals surface area contributed by atoms with Gasteiger partial charge in [0, 0.05) is 31.7 Å². The second-order valence-corrected chi connectivity index (χ2v) is 5.94. The smallest absolute Gasteiger partial charge is 0.313 e. The third kappa shape index (κ3) is 2.33. The average molecular weight is 304 g/mol. The van der Waals surface area contributed by atoms with Crippen molar-refractivity contribution < 1.29 is 19.4 Å². The summed E-state index contributed by atoms with van der Waals surface area (Å²) < 4.78 is 5.61. The molecule has 6 nitrogen and oxygen atoms in total. The molecule has 2 N–H and O–H groups in total. The van der Waals surface area contributed by atoms with E-state index < -0.39 is 17.3 Å². The van der Waals surface area contributed by atoms with Crippen LogP contribution in [0.3, 0.4) is 0 Å². The number of carboxylic acids is 1. The van der Waals surface area contributed by atoms with E-state index in [1.54, 1.807) is 0 Å². The van der Waals surface area contributed by atoms with Crippen molar-refractivity contribution in [2.45, 2.75) is 13.5 Å². The molecule has 0 unspecified atom stereocenters. The number of carbonyl (C=O) groups excluding carboxylic acids is 1. The number of nitrogens with one attached hydrogen (secondary N) is 1. The Morgan fingerprint density at radius 2 is 2.27 bits per heavy atom. The summed E-state index contributed by atoms with van der Waals surface area (Å²) in [5, 5.41) is 12.3. The van der Waals surface area contributed by atoms with Gasteiger partial charge in [-0.3, -0.25) is 14.5 Å². The highest BCUT2D eigenvalue weighted by molar-refractivity contribution is 5.92. The predicted molar refractivity (Wildman–Crippen MR) is 79.5 cm³/mol. The van der Waals surface area contributed by atoms with Crippen LogP contribution < -0.4 is 10.1 Å². The molecule has 2 aliphatic heterocycles. The van der Waals surface area contributed by atoms with E-state index in [1.807, 2.05) is 36.1 Å². The van der Waals surface area contributed by atoms with Gasteiger partial charge in [0.05, 0.1) is 12.5 Å². The van der Waals surface area contributed by atoms with Crippen LogP contribution in [0.1, 0.15) is 12.5 Å². The van der Waals surface area contributed by atoms with Gasteiger partial charge in [-0.1, -0.05) is 18.2 Å². The van der Waals surface area contributed by atoms with Crippen LogP contribution in [0.4, 0.5) is 0 Å². The van der Waals surface area contributed by atoms with Crippen molar-refractivity contribution in [2.75, 3.05) is 26.2 Å². The summed E-state index contributed by atoms with van der Waals surface area (Å²) in [6.07, 6.45) is 0. The predicted octanol–water partition coefficient (Wildman–Crippen LogP) is 0.718. The van der Waals surface area contributed by atoms with Gasteiger partial charge in [0.1, 0.15) is 11.2 Å². The zero-order chi connectivity index (χ0) is 15.7. The van der Waals surface area contributed by atoms with Gasteiger partial charge in [0.2, 0.25) is 5.91 Å². The van der Waals surface area contributed by atoms with Crippen molar-refractivity contribution in [3.05, 3.63) is 29.8 Å². The molecule has 2 fully saturated rings. The first-order chi connectivity index (χ1) is 10.6. The van der Waals surface area contributed by atoms with Gasteiger partial charge in [0.25, 0.3) is 0 Å². The molecule has 0 bridgehead atoms. The second kappa shape index (κ2) is 5.61. The molecule has 2 heterocycles. The molecule has 1 aromatic carbocycles. The topological polar surface area (TPSA) is 78.9 Å². The number of rotatable bonds is 5. The summed E-state index contributed by atoms with van der Waals surface area (Å²) in [6, 6.07) is 7.75. The molecule has 2 atom stereocenters. The second-order valence-electron chi connectivity index (χ2n) is 5.94. The molecule has 1 amide bonds. The number of fused-ring (bicyclic) bond motifs is 1. The monoisotopic (exact) mass is 304 g/mol. The Kier molecular flexibility index (Phi) is 3.78. The Hall–Kier alpha value is -2.08. The summed E-state index contributed by atoms with van der Waals surface area (Å²) in [7, 11) is 0. The van der Waals surface area contributed by atoms with E-state index in [0.29, 0.717) is 26.2 Å². The van der Waals surface area contributed by atoms with Crippen LogP contribution in [0.2, 0.25) is 0 Å². The van der Waals surface area contributed by atoms with Crippen molar-refractivity contribution in [1.29, 1.82) is 0 Å². The van der Waals surface area contributed by atoms with Gasteiger partial charge < -0.3 is 15.2 Å². The lowest BCUT2D eigenvalue weighted by Crippen LogP contribution is -2.40. The number of hydrogen-bond donors (Lipinski definition) is 2. The van der Waals surface area contributed by atoms with Crippen LogP contribution in [0, 0.1) is 11.3 Å². The first kappa shape index (κ1) is 14.8. The number of para-hydroxylation sites is 1. The van der Waals surface area contributed by atoms with Gasteiger partial charge in [0.15, 0.2) is 0 Å². The molecular weight excluding hydrogens is 284 g/mol. The minimum Gasteiger partial charge on any atom is -0.494 e. The highest BCUT2D eigenvalue weighted by atomic mass is 16.5. The molecule has 22 heavy (non-hydrogen) atoms. The Labute approximate surface area is 129 Å². The minimum absolute atomic E-state index is 0.150. The van der Waals surface area contributed by atoms with Crippen LogP contribution in [-0.4, -0.2) is 48.1 Å². The minimum atomic E-state index is -0.988. The SMILES string of the molecule is CCOc1ccccc1CN1C[C@@H]2C(=O)NC[C@]2(C(=O)O)C1. The zero-order valence-corrected chi connectivity index (χ0v) is 12.5. The third-order valence-corrected chi connectivity index (χ3v) is 4.60. The van der Waals surface area contributed by atoms with Crippen LogP contribution >= 0.6 is 0 Å². The van der Waals surface area contributed by atoms with Crippen molar-refractivity contribution >= 4 is 11.9 Å². The lowest BCUT2D eigenvalue weighted by Gasteiger charge is -2.22. The maximum atomic E-state index is 11.9. The summed E-state index contributed by atoms with van der Waals surface area (Å²) in [5.41, 5.74) is 0.0303. The van der Waals surface area contributed by atoms with Gasteiger partial charge in [-0.2, -0.15) is 0 Å². The molecule has 118 valence electrons. The molecule has 2 saturated heterocycles. The highest BCUT2D eigenvalue weighted by Crippen LogP contribution is 2.40. The van der Waals surface area contributed by atoms with E-state index in [2.05, 4.69) is 5.32 Å². The van der Waals surface area contributed by atoms with E-state index in [4.69, 9.17) is 4.74 Å². The van der Waals surface area contributed by atoms with Gasteiger partial charge in [-0.15, -0.1) is 0 Å². The Balaban J connectivity index is 1.79. The quantitative estimate of drug-likeness (QED) is 0.838. The molecule has 3 rings (SSSR count). The summed E-state index contributed by atoms with van der Waals surface area (Å²) >= 11 is 0. The van der Waals surface area contributed by atoms with E-state index in [9.17, 15) is 14.7 Å². The van der Waals surface area contributed by atoms with Crippen LogP contribution in [0.25, 0.3) is 0 Å². The molecular formula is C16H20N2O4. The molecule has 1 aromatic rings. The van der Waals surface area contributed by atoms with Crippen molar-refractivity contribution in [3.8, 4) is 5.75 Å². The summed E-state index contributed by atoms with van der Waals surface area (Å²) in [5.74, 6) is -0.695. The summed E-state index contributed by atoms with van der Waals surface area (Å²) in [6.45, 7) is 4.18. The maximum absolute atomic E-state index is 11.9. The number of benzene rings is 1. The molecule has 0 radical (unpaired) electrons. The third-order valence-electron chi connectivity index (χ3n) is 4.60. The van der Waals surface area contributed by atoms with Crippen molar-refractivity contribution in [2.24, 2.45) is 11.3 Å². The zero-order valence-electron chi connectivity index (χ0n) is 12.5. The largest absolute Gasteiger partial charge is 0.494 e. The van der Waals surface area contributed by atoms with Crippen LogP contribution in [-0.2, 0) is 16.1 Å². The average Bonchev–Trinajstić information content (AvgIpc) is 3.00. The number of carboxylic acid groups (broad SMARTS) is 1. The number of amides is 1. The first-order valence-electron chi connectivity index (χ1n) is 7.51. The molecule has 0 saturated carbocycles. The van der Waals surface area contributed by atoms with Gasteiger partial charge in [-0.25, -0.2) is 0 Å². The fourth-order valence-corrected chi connectivity index (χ4v) is 3.47. The molecule has 0 spiro atoms. The molecule has 6 heteroatoms. The maximum Gasteiger partial charge on any atom is 0.313 e. The lowest BCUT2D eigenvalue weighted by molar-refractivity contribution is -0.149. The van der Waals surface area contributed by atoms with Crippen molar-refractivity contribution in [3.63, 3.8) is 0 Å². The van der Waals surface area contributed by atoms with Crippen LogP contribution in [0.15, 0.2) is 24.3 Å². The Bertz CT molecular complexity index is 604. The van der Waals surface area contributed by atoms with E-state index >= 15 is 0 Å². The number of hydrogen-bond acceptors (Lipinski definition) is 4. The van der Waals surface area contributed by atoms with Crippen LogP contribution in [0.5, 0.6) is 5.75 Å². The Morgan fingerprint density at radius 1 is 1.50 bits per heavy atom. The fourth-order valence-electron chi connectivity index (χ4n) is 3.47. The standard InChI is InChI=1S/C16H20N2O4/c1-2-22-13-6-4-3-5-11(13)7-18-8-12-14(19)17-9-16(12,10-18)15(20)21/h3-6,12H,2,7-10H2,1H3,(H,17,19)(H,20,21)/t12-,16+/m1/s1. The summed E-state index contributed by atoms with van der Waals surface area (Å²) in [4.78, 5) is 25.6. The number of carbonyl (C=O) groups is 2. The number of aliphatic carboxylic acids is 1. The number of nitrogens with zero attached hydrogens (tertiary/aromatic N) is 1.